The molecule has 19 heavy (non-hydrogen) atoms. The molecule has 0 bridgehead atoms. The third-order valence-electron chi connectivity index (χ3n) is 3.25. The minimum atomic E-state index is 0.0368. The van der Waals surface area contributed by atoms with Gasteiger partial charge >= 0.3 is 0 Å². The van der Waals surface area contributed by atoms with Gasteiger partial charge in [0.25, 0.3) is 0 Å². The van der Waals surface area contributed by atoms with E-state index in [1.54, 1.807) is 11.3 Å². The summed E-state index contributed by atoms with van der Waals surface area (Å²) in [7, 11) is 4.07. The number of nitrogens with one attached hydrogen (secondary N) is 1. The summed E-state index contributed by atoms with van der Waals surface area (Å²) < 4.78 is 0. The van der Waals surface area contributed by atoms with Crippen molar-refractivity contribution in [3.8, 4) is 0 Å². The molecule has 0 saturated carbocycles. The zero-order valence-electron chi connectivity index (χ0n) is 12.1. The molecule has 108 valence electrons. The van der Waals surface area contributed by atoms with E-state index >= 15 is 0 Å². The maximum atomic E-state index is 12.0. The summed E-state index contributed by atoms with van der Waals surface area (Å²) in [6.45, 7) is 3.26. The van der Waals surface area contributed by atoms with Crippen LogP contribution < -0.4 is 11.1 Å². The molecule has 1 rings (SSSR count). The first-order valence-corrected chi connectivity index (χ1v) is 7.61. The molecule has 0 aliphatic rings. The molecule has 0 saturated heterocycles. The van der Waals surface area contributed by atoms with Gasteiger partial charge in [0.1, 0.15) is 0 Å². The van der Waals surface area contributed by atoms with Crippen molar-refractivity contribution >= 4 is 17.2 Å². The lowest BCUT2D eigenvalue weighted by Gasteiger charge is -2.24. The van der Waals surface area contributed by atoms with E-state index < -0.39 is 0 Å². The summed E-state index contributed by atoms with van der Waals surface area (Å²) in [5, 5.41) is 5.11. The van der Waals surface area contributed by atoms with Crippen LogP contribution in [0, 0.1) is 5.92 Å². The molecular weight excluding hydrogens is 258 g/mol. The van der Waals surface area contributed by atoms with Gasteiger partial charge in [-0.15, -0.1) is 11.3 Å². The molecular formula is C14H25N3OS. The molecule has 4 nitrogen and oxygen atoms in total. The van der Waals surface area contributed by atoms with Crippen LogP contribution in [0.15, 0.2) is 17.5 Å². The number of hydrogen-bond acceptors (Lipinski definition) is 4. The molecule has 1 aromatic heterocycles. The van der Waals surface area contributed by atoms with Crippen LogP contribution >= 0.6 is 11.3 Å². The van der Waals surface area contributed by atoms with Crippen molar-refractivity contribution < 1.29 is 4.79 Å². The van der Waals surface area contributed by atoms with Gasteiger partial charge in [-0.1, -0.05) is 13.0 Å². The fourth-order valence-corrected chi connectivity index (χ4v) is 2.87. The van der Waals surface area contributed by atoms with Crippen LogP contribution in [0.3, 0.4) is 0 Å². The highest BCUT2D eigenvalue weighted by Gasteiger charge is 2.18. The third kappa shape index (κ3) is 5.30. The van der Waals surface area contributed by atoms with E-state index in [9.17, 15) is 4.79 Å². The Morgan fingerprint density at radius 3 is 2.79 bits per heavy atom. The van der Waals surface area contributed by atoms with Crippen molar-refractivity contribution in [2.75, 3.05) is 27.2 Å². The number of thiophene rings is 1. The zero-order chi connectivity index (χ0) is 14.3. The maximum Gasteiger partial charge on any atom is 0.222 e. The predicted molar refractivity (Wildman–Crippen MR) is 81.2 cm³/mol. The van der Waals surface area contributed by atoms with E-state index in [1.807, 2.05) is 27.1 Å². The van der Waals surface area contributed by atoms with Gasteiger partial charge < -0.3 is 16.0 Å². The van der Waals surface area contributed by atoms with Crippen LogP contribution in [-0.2, 0) is 4.79 Å². The highest BCUT2D eigenvalue weighted by molar-refractivity contribution is 7.10. The van der Waals surface area contributed by atoms with Crippen molar-refractivity contribution in [1.29, 1.82) is 0 Å². The van der Waals surface area contributed by atoms with E-state index in [4.69, 9.17) is 5.73 Å². The van der Waals surface area contributed by atoms with Crippen molar-refractivity contribution in [1.82, 2.24) is 10.2 Å². The van der Waals surface area contributed by atoms with Crippen LogP contribution in [0.5, 0.6) is 0 Å². The summed E-state index contributed by atoms with van der Waals surface area (Å²) in [5.74, 6) is 0.159. The van der Waals surface area contributed by atoms with E-state index in [2.05, 4.69) is 21.7 Å². The van der Waals surface area contributed by atoms with E-state index in [1.165, 1.54) is 4.88 Å². The molecule has 0 aliphatic heterocycles. The summed E-state index contributed by atoms with van der Waals surface area (Å²) in [6.07, 6.45) is 1.75. The van der Waals surface area contributed by atoms with Gasteiger partial charge in [0, 0.05) is 17.3 Å². The Bertz CT molecular complexity index is 365. The van der Waals surface area contributed by atoms with Crippen molar-refractivity contribution in [2.24, 2.45) is 11.7 Å². The lowest BCUT2D eigenvalue weighted by molar-refractivity contribution is -0.124. The van der Waals surface area contributed by atoms with E-state index in [0.29, 0.717) is 13.1 Å². The fraction of sp³-hybridized carbons (Fsp3) is 0.643. The number of carbonyl (C=O) groups excluding carboxylic acids is 1. The van der Waals surface area contributed by atoms with Crippen LogP contribution in [-0.4, -0.2) is 38.0 Å². The minimum Gasteiger partial charge on any atom is -0.354 e. The first kappa shape index (κ1) is 16.1. The molecule has 0 spiro atoms. The Morgan fingerprint density at radius 2 is 2.26 bits per heavy atom. The van der Waals surface area contributed by atoms with Gasteiger partial charge in [0.05, 0.1) is 6.04 Å². The third-order valence-corrected chi connectivity index (χ3v) is 4.23. The Hall–Kier alpha value is -0.910. The van der Waals surface area contributed by atoms with Gasteiger partial charge in [-0.25, -0.2) is 0 Å². The number of nitrogens with two attached hydrogens (primary N) is 1. The first-order valence-electron chi connectivity index (χ1n) is 6.73. The summed E-state index contributed by atoms with van der Waals surface area (Å²) in [5.41, 5.74) is 5.47. The number of likely N-dealkylation sites (N-methyl/N-ethyl adjacent to an activating group) is 1. The number of hydrogen-bond donors (Lipinski definition) is 2. The molecule has 5 heteroatoms. The molecule has 1 amide bonds. The smallest absolute Gasteiger partial charge is 0.222 e. The normalized spacial score (nSPS) is 14.4. The molecule has 1 aromatic rings. The van der Waals surface area contributed by atoms with Crippen LogP contribution in [0.1, 0.15) is 30.7 Å². The van der Waals surface area contributed by atoms with E-state index in [-0.39, 0.29) is 17.9 Å². The Balaban J connectivity index is 2.46. The van der Waals surface area contributed by atoms with E-state index in [0.717, 1.165) is 12.8 Å². The van der Waals surface area contributed by atoms with Gasteiger partial charge in [-0.3, -0.25) is 4.79 Å². The lowest BCUT2D eigenvalue weighted by Crippen LogP contribution is -2.36. The molecule has 3 N–H and O–H groups in total. The topological polar surface area (TPSA) is 58.4 Å². The fourth-order valence-electron chi connectivity index (χ4n) is 1.95. The molecule has 0 fully saturated rings. The van der Waals surface area contributed by atoms with Gasteiger partial charge in [0.2, 0.25) is 5.91 Å². The number of amides is 1. The Labute approximate surface area is 120 Å². The average molecular weight is 283 g/mol. The van der Waals surface area contributed by atoms with Gasteiger partial charge in [-0.05, 0) is 44.9 Å². The van der Waals surface area contributed by atoms with Crippen LogP contribution in [0.2, 0.25) is 0 Å². The Kier molecular flexibility index (Phi) is 7.05. The second kappa shape index (κ2) is 8.30. The number of rotatable bonds is 8. The van der Waals surface area contributed by atoms with Crippen molar-refractivity contribution in [3.63, 3.8) is 0 Å². The molecule has 0 aliphatic carbocycles. The first-order chi connectivity index (χ1) is 9.06. The second-order valence-corrected chi connectivity index (χ2v) is 6.05. The van der Waals surface area contributed by atoms with Gasteiger partial charge in [-0.2, -0.15) is 0 Å². The summed E-state index contributed by atoms with van der Waals surface area (Å²) in [6, 6.07) is 4.40. The zero-order valence-corrected chi connectivity index (χ0v) is 12.9. The van der Waals surface area contributed by atoms with Crippen molar-refractivity contribution in [2.45, 2.75) is 25.8 Å². The van der Waals surface area contributed by atoms with Crippen LogP contribution in [0.4, 0.5) is 0 Å². The number of nitrogens with zero attached hydrogens (tertiary/aromatic N) is 1. The summed E-state index contributed by atoms with van der Waals surface area (Å²) in [4.78, 5) is 15.4. The lowest BCUT2D eigenvalue weighted by atomic mass is 10.0. The monoisotopic (exact) mass is 283 g/mol. The molecule has 0 radical (unpaired) electrons. The molecule has 0 aromatic carbocycles. The molecule has 2 atom stereocenters. The van der Waals surface area contributed by atoms with Crippen molar-refractivity contribution in [3.05, 3.63) is 22.4 Å². The summed E-state index contributed by atoms with van der Waals surface area (Å²) >= 11 is 1.72. The number of carbonyl (C=O) groups is 1. The van der Waals surface area contributed by atoms with Gasteiger partial charge in [0.15, 0.2) is 0 Å². The minimum absolute atomic E-state index is 0.0368. The highest BCUT2D eigenvalue weighted by atomic mass is 32.1. The maximum absolute atomic E-state index is 12.0. The predicted octanol–water partition coefficient (Wildman–Crippen LogP) is 1.84. The van der Waals surface area contributed by atoms with Crippen LogP contribution in [0.25, 0.3) is 0 Å². The SMILES string of the molecule is CC(CCCN)C(=O)NCC(c1cccs1)N(C)C. The second-order valence-electron chi connectivity index (χ2n) is 5.07. The quantitative estimate of drug-likeness (QED) is 0.765. The highest BCUT2D eigenvalue weighted by Crippen LogP contribution is 2.22. The molecule has 2 unspecified atom stereocenters. The molecule has 1 heterocycles. The standard InChI is InChI=1S/C14H25N3OS/c1-11(6-4-8-15)14(18)16-10-12(17(2)3)13-7-5-9-19-13/h5,7,9,11-12H,4,6,8,10,15H2,1-3H3,(H,16,18). The largest absolute Gasteiger partial charge is 0.354 e. The Morgan fingerprint density at radius 1 is 1.53 bits per heavy atom. The average Bonchev–Trinajstić information content (AvgIpc) is 2.89.